The Kier molecular flexibility index (Phi) is 5.54. The molecule has 0 aliphatic rings. The number of ether oxygens (including phenoxy) is 1. The third-order valence-corrected chi connectivity index (χ3v) is 4.11. The Hall–Kier alpha value is -3.16. The summed E-state index contributed by atoms with van der Waals surface area (Å²) in [7, 11) is 1.71. The highest BCUT2D eigenvalue weighted by atomic mass is 16.5. The highest BCUT2D eigenvalue weighted by molar-refractivity contribution is 5.90. The van der Waals surface area contributed by atoms with E-state index < -0.39 is 0 Å². The first kappa shape index (κ1) is 18.6. The van der Waals surface area contributed by atoms with Crippen molar-refractivity contribution < 1.29 is 9.53 Å². The van der Waals surface area contributed by atoms with Gasteiger partial charge in [-0.1, -0.05) is 19.9 Å². The predicted octanol–water partition coefficient (Wildman–Crippen LogP) is 2.19. The van der Waals surface area contributed by atoms with Gasteiger partial charge in [0.25, 0.3) is 5.56 Å². The Morgan fingerprint density at radius 1 is 1.33 bits per heavy atom. The number of anilines is 1. The fraction of sp³-hybridized carbons (Fsp3) is 0.368. The molecule has 1 amide bonds. The van der Waals surface area contributed by atoms with Crippen LogP contribution in [0.3, 0.4) is 0 Å². The van der Waals surface area contributed by atoms with Gasteiger partial charge < -0.3 is 10.1 Å². The number of carbonyl (C=O) groups is 1. The third kappa shape index (κ3) is 4.52. The van der Waals surface area contributed by atoms with Crippen LogP contribution in [0.5, 0.6) is 5.75 Å². The van der Waals surface area contributed by atoms with Crippen molar-refractivity contribution in [3.05, 3.63) is 47.1 Å². The minimum Gasteiger partial charge on any atom is -0.494 e. The maximum absolute atomic E-state index is 12.4. The van der Waals surface area contributed by atoms with E-state index in [1.807, 2.05) is 12.1 Å². The molecule has 0 radical (unpaired) electrons. The van der Waals surface area contributed by atoms with Crippen LogP contribution in [0.25, 0.3) is 11.0 Å². The fourth-order valence-corrected chi connectivity index (χ4v) is 2.61. The molecule has 1 N–H and O–H groups in total. The van der Waals surface area contributed by atoms with Gasteiger partial charge in [-0.05, 0) is 24.5 Å². The molecule has 3 aromatic rings. The Morgan fingerprint density at radius 2 is 2.15 bits per heavy atom. The van der Waals surface area contributed by atoms with E-state index in [4.69, 9.17) is 4.74 Å². The minimum absolute atomic E-state index is 0.130. The molecule has 2 heterocycles. The Labute approximate surface area is 156 Å². The first-order valence-corrected chi connectivity index (χ1v) is 8.84. The molecule has 1 aromatic carbocycles. The zero-order chi connectivity index (χ0) is 19.4. The van der Waals surface area contributed by atoms with E-state index in [1.165, 1.54) is 21.8 Å². The van der Waals surface area contributed by atoms with Crippen molar-refractivity contribution in [2.45, 2.75) is 26.8 Å². The van der Waals surface area contributed by atoms with Crippen LogP contribution < -0.4 is 15.6 Å². The van der Waals surface area contributed by atoms with Crippen LogP contribution in [0, 0.1) is 5.92 Å². The number of aryl methyl sites for hydroxylation is 1. The number of rotatable bonds is 7. The van der Waals surface area contributed by atoms with Crippen molar-refractivity contribution >= 4 is 22.6 Å². The SMILES string of the molecule is CC(C)CCOc1cccc(NC(=O)Cn2cnc3c(cnn3C)c2=O)c1. The smallest absolute Gasteiger partial charge is 0.264 e. The van der Waals surface area contributed by atoms with Gasteiger partial charge in [-0.3, -0.25) is 18.8 Å². The Morgan fingerprint density at radius 3 is 2.93 bits per heavy atom. The largest absolute Gasteiger partial charge is 0.494 e. The van der Waals surface area contributed by atoms with Crippen LogP contribution in [0.15, 0.2) is 41.6 Å². The maximum atomic E-state index is 12.4. The number of hydrogen-bond donors (Lipinski definition) is 1. The molecule has 3 rings (SSSR count). The monoisotopic (exact) mass is 369 g/mol. The number of nitrogens with zero attached hydrogens (tertiary/aromatic N) is 4. The standard InChI is InChI=1S/C19H23N5O3/c1-13(2)7-8-27-15-6-4-5-14(9-15)22-17(25)11-24-12-20-18-16(19(24)26)10-21-23(18)3/h4-6,9-10,12-13H,7-8,11H2,1-3H3,(H,22,25). The molecule has 0 saturated carbocycles. The van der Waals surface area contributed by atoms with Crippen molar-refractivity contribution in [3.63, 3.8) is 0 Å². The van der Waals surface area contributed by atoms with Crippen LogP contribution in [0.1, 0.15) is 20.3 Å². The summed E-state index contributed by atoms with van der Waals surface area (Å²) < 4.78 is 8.49. The zero-order valence-electron chi connectivity index (χ0n) is 15.7. The van der Waals surface area contributed by atoms with Crippen molar-refractivity contribution in [1.82, 2.24) is 19.3 Å². The molecule has 0 unspecified atom stereocenters. The summed E-state index contributed by atoms with van der Waals surface area (Å²) in [5.74, 6) is 0.947. The molecule has 0 saturated heterocycles. The average molecular weight is 369 g/mol. The van der Waals surface area contributed by atoms with Gasteiger partial charge in [0.05, 0.1) is 12.8 Å². The molecule has 0 atom stereocenters. The lowest BCUT2D eigenvalue weighted by Crippen LogP contribution is -2.27. The minimum atomic E-state index is -0.318. The lowest BCUT2D eigenvalue weighted by molar-refractivity contribution is -0.116. The van der Waals surface area contributed by atoms with Crippen molar-refractivity contribution in [1.29, 1.82) is 0 Å². The van der Waals surface area contributed by atoms with E-state index in [-0.39, 0.29) is 18.0 Å². The van der Waals surface area contributed by atoms with Gasteiger partial charge >= 0.3 is 0 Å². The quantitative estimate of drug-likeness (QED) is 0.689. The van der Waals surface area contributed by atoms with Crippen LogP contribution in [-0.4, -0.2) is 31.8 Å². The van der Waals surface area contributed by atoms with Gasteiger partial charge in [-0.2, -0.15) is 5.10 Å². The lowest BCUT2D eigenvalue weighted by Gasteiger charge is -2.11. The van der Waals surface area contributed by atoms with Crippen LogP contribution in [0.4, 0.5) is 5.69 Å². The molecular formula is C19H23N5O3. The highest BCUT2D eigenvalue weighted by Crippen LogP contribution is 2.18. The summed E-state index contributed by atoms with van der Waals surface area (Å²) in [5.41, 5.74) is 0.808. The van der Waals surface area contributed by atoms with Crippen molar-refractivity contribution in [3.8, 4) is 5.75 Å². The summed E-state index contributed by atoms with van der Waals surface area (Å²) in [6.07, 6.45) is 3.78. The van der Waals surface area contributed by atoms with Gasteiger partial charge in [0.1, 0.15) is 24.0 Å². The molecular weight excluding hydrogens is 346 g/mol. The van der Waals surface area contributed by atoms with Gasteiger partial charge in [0, 0.05) is 18.8 Å². The average Bonchev–Trinajstić information content (AvgIpc) is 2.99. The molecule has 0 spiro atoms. The van der Waals surface area contributed by atoms with E-state index in [1.54, 1.807) is 19.2 Å². The van der Waals surface area contributed by atoms with E-state index in [0.717, 1.165) is 6.42 Å². The third-order valence-electron chi connectivity index (χ3n) is 4.11. The van der Waals surface area contributed by atoms with Crippen molar-refractivity contribution in [2.24, 2.45) is 13.0 Å². The van der Waals surface area contributed by atoms with Gasteiger partial charge in [0.2, 0.25) is 5.91 Å². The molecule has 0 fully saturated rings. The number of benzene rings is 1. The van der Waals surface area contributed by atoms with Crippen LogP contribution >= 0.6 is 0 Å². The second-order valence-electron chi connectivity index (χ2n) is 6.79. The number of amides is 1. The fourth-order valence-electron chi connectivity index (χ4n) is 2.61. The molecule has 0 bridgehead atoms. The number of nitrogens with one attached hydrogen (secondary N) is 1. The first-order valence-electron chi connectivity index (χ1n) is 8.84. The zero-order valence-corrected chi connectivity index (χ0v) is 15.7. The van der Waals surface area contributed by atoms with E-state index in [0.29, 0.717) is 35.0 Å². The van der Waals surface area contributed by atoms with Gasteiger partial charge in [-0.15, -0.1) is 0 Å². The predicted molar refractivity (Wildman–Crippen MR) is 103 cm³/mol. The summed E-state index contributed by atoms with van der Waals surface area (Å²) in [6.45, 7) is 4.77. The number of fused-ring (bicyclic) bond motifs is 1. The Balaban J connectivity index is 1.66. The van der Waals surface area contributed by atoms with Crippen LogP contribution in [0.2, 0.25) is 0 Å². The molecule has 0 aliphatic heterocycles. The summed E-state index contributed by atoms with van der Waals surface area (Å²) in [6, 6.07) is 7.21. The second kappa shape index (κ2) is 8.03. The normalized spacial score (nSPS) is 11.1. The number of carbonyl (C=O) groups excluding carboxylic acids is 1. The van der Waals surface area contributed by atoms with E-state index >= 15 is 0 Å². The highest BCUT2D eigenvalue weighted by Gasteiger charge is 2.11. The Bertz CT molecular complexity index is 1010. The molecule has 27 heavy (non-hydrogen) atoms. The molecule has 0 aliphatic carbocycles. The molecule has 142 valence electrons. The summed E-state index contributed by atoms with van der Waals surface area (Å²) >= 11 is 0. The summed E-state index contributed by atoms with van der Waals surface area (Å²) in [5, 5.41) is 7.18. The van der Waals surface area contributed by atoms with E-state index in [9.17, 15) is 9.59 Å². The topological polar surface area (TPSA) is 91.0 Å². The van der Waals surface area contributed by atoms with Gasteiger partial charge in [-0.25, -0.2) is 4.98 Å². The number of aromatic nitrogens is 4. The molecule has 8 nitrogen and oxygen atoms in total. The molecule has 8 heteroatoms. The van der Waals surface area contributed by atoms with Crippen LogP contribution in [-0.2, 0) is 18.4 Å². The van der Waals surface area contributed by atoms with Gasteiger partial charge in [0.15, 0.2) is 5.65 Å². The number of hydrogen-bond acceptors (Lipinski definition) is 5. The molecule has 2 aromatic heterocycles. The second-order valence-corrected chi connectivity index (χ2v) is 6.79. The first-order chi connectivity index (χ1) is 12.9. The lowest BCUT2D eigenvalue weighted by atomic mass is 10.1. The van der Waals surface area contributed by atoms with E-state index in [2.05, 4.69) is 29.2 Å². The maximum Gasteiger partial charge on any atom is 0.264 e. The van der Waals surface area contributed by atoms with Crippen molar-refractivity contribution in [2.75, 3.05) is 11.9 Å². The summed E-state index contributed by atoms with van der Waals surface area (Å²) in [4.78, 5) is 28.9.